The summed E-state index contributed by atoms with van der Waals surface area (Å²) in [5.41, 5.74) is 0.789. The van der Waals surface area contributed by atoms with Crippen LogP contribution in [0.15, 0.2) is 30.3 Å². The van der Waals surface area contributed by atoms with E-state index in [4.69, 9.17) is 4.74 Å². The number of carbonyl (C=O) groups excluding carboxylic acids is 2. The topological polar surface area (TPSA) is 46.6 Å². The molecule has 1 unspecified atom stereocenters. The van der Waals surface area contributed by atoms with E-state index in [1.54, 1.807) is 4.90 Å². The summed E-state index contributed by atoms with van der Waals surface area (Å²) in [5, 5.41) is 0. The Morgan fingerprint density at radius 3 is 2.70 bits per heavy atom. The summed E-state index contributed by atoms with van der Waals surface area (Å²) in [6.07, 6.45) is 1.47. The Morgan fingerprint density at radius 2 is 2.05 bits per heavy atom. The molecule has 0 N–H and O–H groups in total. The second-order valence-electron chi connectivity index (χ2n) is 5.61. The quantitative estimate of drug-likeness (QED) is 0.799. The fraction of sp³-hybridized carbons (Fsp3) is 0.500. The van der Waals surface area contributed by atoms with Crippen LogP contribution in [0.3, 0.4) is 0 Å². The molecule has 1 amide bonds. The van der Waals surface area contributed by atoms with E-state index in [-0.39, 0.29) is 17.9 Å². The van der Waals surface area contributed by atoms with E-state index in [9.17, 15) is 9.59 Å². The summed E-state index contributed by atoms with van der Waals surface area (Å²) in [7, 11) is 0. The Morgan fingerprint density at radius 1 is 1.35 bits per heavy atom. The van der Waals surface area contributed by atoms with Crippen molar-refractivity contribution in [1.82, 2.24) is 0 Å². The minimum Gasteiger partial charge on any atom is -0.447 e. The highest BCUT2D eigenvalue weighted by atomic mass is 16.6. The zero-order chi connectivity index (χ0) is 14.5. The Bertz CT molecular complexity index is 470. The van der Waals surface area contributed by atoms with Crippen LogP contribution in [-0.2, 0) is 9.53 Å². The summed E-state index contributed by atoms with van der Waals surface area (Å²) in [6.45, 7) is 4.50. The van der Waals surface area contributed by atoms with Crippen molar-refractivity contribution in [3.05, 3.63) is 30.3 Å². The molecule has 0 aromatic heterocycles. The molecular weight excluding hydrogens is 254 g/mol. The van der Waals surface area contributed by atoms with Crippen LogP contribution in [0.5, 0.6) is 0 Å². The molecule has 0 spiro atoms. The predicted octanol–water partition coefficient (Wildman–Crippen LogP) is 3.41. The number of hydrogen-bond donors (Lipinski definition) is 0. The SMILES string of the molecule is CC(C)CCC(=O)CC1COC(=O)N1c1ccccc1. The maximum absolute atomic E-state index is 12.0. The maximum atomic E-state index is 12.0. The van der Waals surface area contributed by atoms with E-state index >= 15 is 0 Å². The first-order valence-electron chi connectivity index (χ1n) is 7.10. The van der Waals surface area contributed by atoms with E-state index in [2.05, 4.69) is 13.8 Å². The van der Waals surface area contributed by atoms with Gasteiger partial charge in [0.15, 0.2) is 0 Å². The first kappa shape index (κ1) is 14.6. The van der Waals surface area contributed by atoms with Gasteiger partial charge in [-0.05, 0) is 24.5 Å². The average molecular weight is 275 g/mol. The molecule has 0 radical (unpaired) electrons. The van der Waals surface area contributed by atoms with Gasteiger partial charge in [0.2, 0.25) is 0 Å². The molecule has 1 fully saturated rings. The summed E-state index contributed by atoms with van der Waals surface area (Å²) in [5.74, 6) is 0.716. The number of hydrogen-bond acceptors (Lipinski definition) is 3. The zero-order valence-corrected chi connectivity index (χ0v) is 12.0. The van der Waals surface area contributed by atoms with Crippen LogP contribution in [0.1, 0.15) is 33.1 Å². The van der Waals surface area contributed by atoms with Crippen molar-refractivity contribution < 1.29 is 14.3 Å². The molecule has 108 valence electrons. The van der Waals surface area contributed by atoms with E-state index < -0.39 is 0 Å². The van der Waals surface area contributed by atoms with E-state index in [0.717, 1.165) is 12.1 Å². The molecule has 1 aromatic carbocycles. The third kappa shape index (κ3) is 3.59. The van der Waals surface area contributed by atoms with Gasteiger partial charge in [0.25, 0.3) is 0 Å². The van der Waals surface area contributed by atoms with Crippen LogP contribution in [0.25, 0.3) is 0 Å². The third-order valence-electron chi connectivity index (χ3n) is 3.46. The molecular formula is C16H21NO3. The highest BCUT2D eigenvalue weighted by Crippen LogP contribution is 2.25. The predicted molar refractivity (Wildman–Crippen MR) is 77.8 cm³/mol. The second kappa shape index (κ2) is 6.55. The maximum Gasteiger partial charge on any atom is 0.414 e. The molecule has 1 aliphatic rings. The molecule has 1 saturated heterocycles. The smallest absolute Gasteiger partial charge is 0.414 e. The number of anilines is 1. The Kier molecular flexibility index (Phi) is 4.77. The number of ether oxygens (including phenoxy) is 1. The fourth-order valence-electron chi connectivity index (χ4n) is 2.33. The molecule has 4 nitrogen and oxygen atoms in total. The number of Topliss-reactive ketones (excluding diaryl/α,β-unsaturated/α-hetero) is 1. The summed E-state index contributed by atoms with van der Waals surface area (Å²) in [6, 6.07) is 9.19. The Balaban J connectivity index is 2.00. The van der Waals surface area contributed by atoms with Crippen molar-refractivity contribution in [3.8, 4) is 0 Å². The number of rotatable bonds is 6. The molecule has 4 heteroatoms. The standard InChI is InChI=1S/C16H21NO3/c1-12(2)8-9-15(18)10-14-11-20-16(19)17(14)13-6-4-3-5-7-13/h3-7,12,14H,8-11H2,1-2H3. The monoisotopic (exact) mass is 275 g/mol. The minimum absolute atomic E-state index is 0.176. The van der Waals surface area contributed by atoms with Gasteiger partial charge in [0.1, 0.15) is 12.4 Å². The van der Waals surface area contributed by atoms with Gasteiger partial charge in [-0.25, -0.2) is 4.79 Å². The van der Waals surface area contributed by atoms with Gasteiger partial charge in [0, 0.05) is 18.5 Å². The minimum atomic E-state index is -0.363. The lowest BCUT2D eigenvalue weighted by atomic mass is 10.0. The first-order chi connectivity index (χ1) is 9.58. The van der Waals surface area contributed by atoms with Crippen molar-refractivity contribution >= 4 is 17.6 Å². The second-order valence-corrected chi connectivity index (χ2v) is 5.61. The van der Waals surface area contributed by atoms with Gasteiger partial charge in [0.05, 0.1) is 6.04 Å². The molecule has 1 aromatic rings. The number of carbonyl (C=O) groups is 2. The summed E-state index contributed by atoms with van der Waals surface area (Å²) >= 11 is 0. The number of benzene rings is 1. The lowest BCUT2D eigenvalue weighted by molar-refractivity contribution is -0.119. The molecule has 1 heterocycles. The van der Waals surface area contributed by atoms with Gasteiger partial charge >= 0.3 is 6.09 Å². The number of cyclic esters (lactones) is 1. The first-order valence-corrected chi connectivity index (χ1v) is 7.10. The molecule has 20 heavy (non-hydrogen) atoms. The van der Waals surface area contributed by atoms with Crippen LogP contribution in [0, 0.1) is 5.92 Å². The highest BCUT2D eigenvalue weighted by Gasteiger charge is 2.35. The van der Waals surface area contributed by atoms with Gasteiger partial charge in [-0.3, -0.25) is 9.69 Å². The van der Waals surface area contributed by atoms with Gasteiger partial charge in [-0.1, -0.05) is 32.0 Å². The normalized spacial score (nSPS) is 18.4. The molecule has 0 aliphatic carbocycles. The molecule has 1 atom stereocenters. The number of ketones is 1. The van der Waals surface area contributed by atoms with Crippen LogP contribution in [-0.4, -0.2) is 24.5 Å². The van der Waals surface area contributed by atoms with Gasteiger partial charge in [-0.15, -0.1) is 0 Å². The van der Waals surface area contributed by atoms with E-state index in [1.807, 2.05) is 30.3 Å². The Hall–Kier alpha value is -1.84. The van der Waals surface area contributed by atoms with Crippen LogP contribution in [0.4, 0.5) is 10.5 Å². The Labute approximate surface area is 119 Å². The fourth-order valence-corrected chi connectivity index (χ4v) is 2.33. The molecule has 0 bridgehead atoms. The number of amides is 1. The third-order valence-corrected chi connectivity index (χ3v) is 3.46. The number of para-hydroxylation sites is 1. The van der Waals surface area contributed by atoms with E-state index in [1.165, 1.54) is 0 Å². The van der Waals surface area contributed by atoms with Crippen molar-refractivity contribution in [3.63, 3.8) is 0 Å². The van der Waals surface area contributed by atoms with Crippen LogP contribution < -0.4 is 4.90 Å². The van der Waals surface area contributed by atoms with Crippen LogP contribution in [0.2, 0.25) is 0 Å². The van der Waals surface area contributed by atoms with Crippen molar-refractivity contribution in [2.75, 3.05) is 11.5 Å². The molecule has 1 aliphatic heterocycles. The molecule has 2 rings (SSSR count). The molecule has 0 saturated carbocycles. The summed E-state index contributed by atoms with van der Waals surface area (Å²) in [4.78, 5) is 25.4. The van der Waals surface area contributed by atoms with E-state index in [0.29, 0.717) is 25.4 Å². The lowest BCUT2D eigenvalue weighted by Crippen LogP contribution is -2.35. The zero-order valence-electron chi connectivity index (χ0n) is 12.0. The highest BCUT2D eigenvalue weighted by molar-refractivity contribution is 5.92. The van der Waals surface area contributed by atoms with Crippen molar-refractivity contribution in [2.24, 2.45) is 5.92 Å². The van der Waals surface area contributed by atoms with Crippen molar-refractivity contribution in [2.45, 2.75) is 39.2 Å². The number of nitrogens with zero attached hydrogens (tertiary/aromatic N) is 1. The summed E-state index contributed by atoms with van der Waals surface area (Å²) < 4.78 is 5.09. The van der Waals surface area contributed by atoms with Crippen molar-refractivity contribution in [1.29, 1.82) is 0 Å². The average Bonchev–Trinajstić information content (AvgIpc) is 2.78. The van der Waals surface area contributed by atoms with Gasteiger partial charge in [-0.2, -0.15) is 0 Å². The lowest BCUT2D eigenvalue weighted by Gasteiger charge is -2.20. The van der Waals surface area contributed by atoms with Crippen LogP contribution >= 0.6 is 0 Å². The van der Waals surface area contributed by atoms with Gasteiger partial charge < -0.3 is 4.74 Å². The largest absolute Gasteiger partial charge is 0.447 e.